The van der Waals surface area contributed by atoms with Crippen LogP contribution in [0, 0.1) is 37.6 Å². The van der Waals surface area contributed by atoms with Crippen molar-refractivity contribution in [2.45, 2.75) is 0 Å². The zero-order chi connectivity index (χ0) is 14.6. The van der Waals surface area contributed by atoms with Crippen molar-refractivity contribution in [1.82, 2.24) is 20.4 Å². The van der Waals surface area contributed by atoms with Crippen molar-refractivity contribution >= 4 is 0 Å². The first-order valence-electron chi connectivity index (χ1n) is 4.50. The van der Waals surface area contributed by atoms with Crippen molar-refractivity contribution in [3.8, 4) is 0 Å². The van der Waals surface area contributed by atoms with Crippen molar-refractivity contribution in [3.63, 3.8) is 0 Å². The minimum absolute atomic E-state index is 0. The fourth-order valence-corrected chi connectivity index (χ4v) is 0.565. The average Bonchev–Trinajstić information content (AvgIpc) is 3.31. The van der Waals surface area contributed by atoms with Gasteiger partial charge in [-0.3, -0.25) is 0 Å². The largest absolute Gasteiger partial charge is 0.999 e. The number of hydrogen-bond acceptors (Lipinski definition) is 2. The van der Waals surface area contributed by atoms with E-state index in [-0.39, 0.29) is 21.1 Å². The summed E-state index contributed by atoms with van der Waals surface area (Å²) in [6.45, 7) is 9.00. The first-order chi connectivity index (χ1) is 9.50. The molecule has 3 aromatic rings. The standard InChI is InChI=1S/C5H.2C3H3N2.2CO.Mo/c3*1-2-4-5-3-1;2*1-2;/h1H;2*1-3H;;;/q-5;2*-1;;;. The molecule has 0 aliphatic carbocycles. The molecule has 1 aromatic carbocycles. The molecule has 20 heavy (non-hydrogen) atoms. The van der Waals surface area contributed by atoms with Gasteiger partial charge >= 0.3 is 22.6 Å². The monoisotopic (exact) mass is 349 g/mol. The van der Waals surface area contributed by atoms with E-state index in [9.17, 15) is 0 Å². The summed E-state index contributed by atoms with van der Waals surface area (Å²) in [6, 6.07) is 15.6. The minimum atomic E-state index is 0. The normalized spacial score (nSPS) is 6.20. The summed E-state index contributed by atoms with van der Waals surface area (Å²) in [6.07, 6.45) is 6.56. The molecule has 0 bridgehead atoms. The molecule has 0 saturated heterocycles. The van der Waals surface area contributed by atoms with Gasteiger partial charge in [0.15, 0.2) is 0 Å². The Morgan fingerprint density at radius 1 is 0.850 bits per heavy atom. The summed E-state index contributed by atoms with van der Waals surface area (Å²) < 4.78 is 15.0. The van der Waals surface area contributed by atoms with Gasteiger partial charge in [-0.15, -0.1) is 0 Å². The zero-order valence-electron chi connectivity index (χ0n) is 10.1. The van der Waals surface area contributed by atoms with Crippen LogP contribution < -0.4 is 10.2 Å². The molecule has 104 valence electrons. The van der Waals surface area contributed by atoms with Gasteiger partial charge in [-0.05, 0) is 0 Å². The van der Waals surface area contributed by atoms with Crippen molar-refractivity contribution in [1.29, 1.82) is 0 Å². The topological polar surface area (TPSA) is 93.8 Å². The smallest absolute Gasteiger partial charge is 0.00194 e. The Kier molecular flexibility index (Phi) is 29.6. The van der Waals surface area contributed by atoms with Crippen LogP contribution in [-0.4, -0.2) is 10.2 Å². The molecule has 0 unspecified atom stereocenters. The van der Waals surface area contributed by atoms with Crippen molar-refractivity contribution in [3.05, 3.63) is 80.6 Å². The Morgan fingerprint density at radius 3 is 1.35 bits per heavy atom. The summed E-state index contributed by atoms with van der Waals surface area (Å²) in [5.41, 5.74) is 0. The first kappa shape index (κ1) is 23.1. The van der Waals surface area contributed by atoms with E-state index in [2.05, 4.69) is 58.0 Å². The second kappa shape index (κ2) is 25.7. The van der Waals surface area contributed by atoms with E-state index < -0.39 is 0 Å². The molecule has 0 radical (unpaired) electrons. The molecule has 0 N–H and O–H groups in total. The fourth-order valence-electron chi connectivity index (χ4n) is 0.565. The molecule has 0 aliphatic heterocycles. The number of aromatic nitrogens is 4. The average molecular weight is 347 g/mol. The van der Waals surface area contributed by atoms with Crippen LogP contribution >= 0.6 is 0 Å². The van der Waals surface area contributed by atoms with Crippen LogP contribution in [0.4, 0.5) is 0 Å². The van der Waals surface area contributed by atoms with E-state index in [4.69, 9.17) is 9.30 Å². The molecule has 0 amide bonds. The minimum Gasteiger partial charge on any atom is -0.999 e. The van der Waals surface area contributed by atoms with E-state index in [1.807, 2.05) is 0 Å². The van der Waals surface area contributed by atoms with Gasteiger partial charge in [0, 0.05) is 33.5 Å². The third kappa shape index (κ3) is 21.2. The SMILES string of the molecule is [C-]#[O+].[C-]#[O+].[Mo].[c-]1[c-][c-][cH-][c-]1.c1cn[n-]c1.c1cn[n-]c1. The number of rotatable bonds is 0. The molecule has 3 rings (SSSR count). The molecular weight excluding hydrogens is 340 g/mol. The van der Waals surface area contributed by atoms with Crippen LogP contribution in [0.5, 0.6) is 0 Å². The molecule has 0 spiro atoms. The van der Waals surface area contributed by atoms with Crippen LogP contribution in [0.15, 0.2) is 43.0 Å². The molecule has 2 aromatic heterocycles. The Labute approximate surface area is 131 Å². The summed E-state index contributed by atoms with van der Waals surface area (Å²) in [7, 11) is 0. The van der Waals surface area contributed by atoms with Gasteiger partial charge < -0.3 is 50.7 Å². The molecule has 0 fully saturated rings. The van der Waals surface area contributed by atoms with Crippen molar-refractivity contribution in [2.24, 2.45) is 0 Å². The van der Waals surface area contributed by atoms with Gasteiger partial charge in [0.25, 0.3) is 0 Å². The van der Waals surface area contributed by atoms with Gasteiger partial charge in [-0.1, -0.05) is 12.1 Å². The second-order valence-electron chi connectivity index (χ2n) is 2.13. The van der Waals surface area contributed by atoms with Gasteiger partial charge in [0.1, 0.15) is 0 Å². The van der Waals surface area contributed by atoms with Crippen LogP contribution in [0.25, 0.3) is 0 Å². The summed E-state index contributed by atoms with van der Waals surface area (Å²) >= 11 is 0. The van der Waals surface area contributed by atoms with Crippen molar-refractivity contribution in [2.75, 3.05) is 0 Å². The molecule has 0 saturated carbocycles. The summed E-state index contributed by atoms with van der Waals surface area (Å²) in [5.74, 6) is 0. The van der Waals surface area contributed by atoms with Crippen LogP contribution in [0.2, 0.25) is 0 Å². The molecule has 0 atom stereocenters. The maximum Gasteiger partial charge on any atom is 0.00194 e. The Bertz CT molecular complexity index is 327. The van der Waals surface area contributed by atoms with Gasteiger partial charge in [0.05, 0.1) is 0 Å². The molecule has 0 aliphatic rings. The summed E-state index contributed by atoms with van der Waals surface area (Å²) in [4.78, 5) is 0. The van der Waals surface area contributed by atoms with Crippen LogP contribution in [0.1, 0.15) is 0 Å². The summed E-state index contributed by atoms with van der Waals surface area (Å²) in [5, 5.41) is 13.9. The fraction of sp³-hybridized carbons (Fsp3) is 0. The third-order valence-corrected chi connectivity index (χ3v) is 1.10. The zero-order valence-corrected chi connectivity index (χ0v) is 12.1. The number of nitrogens with zero attached hydrogens (tertiary/aromatic N) is 4. The molecule has 6 nitrogen and oxygen atoms in total. The van der Waals surface area contributed by atoms with E-state index in [0.717, 1.165) is 0 Å². The third-order valence-electron chi connectivity index (χ3n) is 1.10. The van der Waals surface area contributed by atoms with E-state index in [1.165, 1.54) is 0 Å². The maximum atomic E-state index is 7.50. The van der Waals surface area contributed by atoms with Crippen LogP contribution in [0.3, 0.4) is 0 Å². The Morgan fingerprint density at radius 2 is 1.25 bits per heavy atom. The van der Waals surface area contributed by atoms with Gasteiger partial charge in [0.2, 0.25) is 0 Å². The molecule has 7 heteroatoms. The van der Waals surface area contributed by atoms with E-state index in [0.29, 0.717) is 0 Å². The van der Waals surface area contributed by atoms with Crippen LogP contribution in [-0.2, 0) is 30.4 Å². The maximum absolute atomic E-state index is 7.50. The van der Waals surface area contributed by atoms with Gasteiger partial charge in [-0.2, -0.15) is 12.4 Å². The predicted molar refractivity (Wildman–Crippen MR) is 60.4 cm³/mol. The Balaban J connectivity index is -0.000000189. The first-order valence-corrected chi connectivity index (χ1v) is 4.50. The Hall–Kier alpha value is -2.06. The van der Waals surface area contributed by atoms with E-state index >= 15 is 0 Å². The predicted octanol–water partition coefficient (Wildman–Crippen LogP) is 0.606. The second-order valence-corrected chi connectivity index (χ2v) is 2.13. The molecular formula is C13H7MoN4O2-7. The van der Waals surface area contributed by atoms with Crippen molar-refractivity contribution < 1.29 is 30.4 Å². The number of hydrogen-bond donors (Lipinski definition) is 0. The quantitative estimate of drug-likeness (QED) is 0.338. The molecule has 2 heterocycles. The van der Waals surface area contributed by atoms with E-state index in [1.54, 1.807) is 43.0 Å². The van der Waals surface area contributed by atoms with Gasteiger partial charge in [-0.25, -0.2) is 0 Å².